The number of benzene rings is 1. The number of rotatable bonds is 4. The van der Waals surface area contributed by atoms with Crippen LogP contribution in [0, 0.1) is 0 Å². The second kappa shape index (κ2) is 7.11. The fraction of sp³-hybridized carbons (Fsp3) is 0.143. The molecule has 0 aliphatic heterocycles. The number of anilines is 1. The summed E-state index contributed by atoms with van der Waals surface area (Å²) in [5.74, 6) is 0.465. The second-order valence-corrected chi connectivity index (χ2v) is 5.86. The van der Waals surface area contributed by atoms with Gasteiger partial charge in [0.25, 0.3) is 5.91 Å². The van der Waals surface area contributed by atoms with Crippen LogP contribution in [0.25, 0.3) is 0 Å². The predicted octanol–water partition coefficient (Wildman–Crippen LogP) is 4.56. The Labute approximate surface area is 140 Å². The minimum atomic E-state index is -0.744. The third kappa shape index (κ3) is 4.33. The number of hydrogen-bond acceptors (Lipinski definition) is 3. The standard InChI is InChI=1S/C14H11BrCl2N2O2/c1-8(21-11-4-2-3-10(16)13(11)17)14(20)19-12-6-5-9(15)7-18-12/h2-8H,1H3,(H,18,19,20). The fourth-order valence-corrected chi connectivity index (χ4v) is 2.07. The highest BCUT2D eigenvalue weighted by Crippen LogP contribution is 2.32. The van der Waals surface area contributed by atoms with E-state index in [1.807, 2.05) is 0 Å². The lowest BCUT2D eigenvalue weighted by Crippen LogP contribution is -2.30. The molecule has 1 heterocycles. The first-order valence-corrected chi connectivity index (χ1v) is 7.55. The first kappa shape index (κ1) is 16.1. The smallest absolute Gasteiger partial charge is 0.266 e. The van der Waals surface area contributed by atoms with Crippen LogP contribution in [0.2, 0.25) is 10.0 Å². The highest BCUT2D eigenvalue weighted by molar-refractivity contribution is 9.10. The molecule has 1 atom stereocenters. The zero-order valence-electron chi connectivity index (χ0n) is 10.9. The van der Waals surface area contributed by atoms with Gasteiger partial charge in [0.2, 0.25) is 0 Å². The van der Waals surface area contributed by atoms with Gasteiger partial charge in [0.1, 0.15) is 16.6 Å². The molecule has 2 aromatic rings. The van der Waals surface area contributed by atoms with Gasteiger partial charge in [-0.25, -0.2) is 4.98 Å². The molecule has 0 aliphatic rings. The number of ether oxygens (including phenoxy) is 1. The number of nitrogens with zero attached hydrogens (tertiary/aromatic N) is 1. The zero-order chi connectivity index (χ0) is 15.4. The summed E-state index contributed by atoms with van der Waals surface area (Å²) < 4.78 is 6.35. The van der Waals surface area contributed by atoms with Crippen molar-refractivity contribution >= 4 is 50.9 Å². The number of hydrogen-bond donors (Lipinski definition) is 1. The SMILES string of the molecule is CC(Oc1cccc(Cl)c1Cl)C(=O)Nc1ccc(Br)cn1. The van der Waals surface area contributed by atoms with Crippen molar-refractivity contribution in [1.82, 2.24) is 4.98 Å². The van der Waals surface area contributed by atoms with Gasteiger partial charge in [0, 0.05) is 10.7 Å². The van der Waals surface area contributed by atoms with E-state index in [0.717, 1.165) is 4.47 Å². The zero-order valence-corrected chi connectivity index (χ0v) is 14.0. The molecular formula is C14H11BrCl2N2O2. The van der Waals surface area contributed by atoms with Crippen molar-refractivity contribution in [3.05, 3.63) is 51.0 Å². The van der Waals surface area contributed by atoms with Crippen LogP contribution in [0.5, 0.6) is 5.75 Å². The van der Waals surface area contributed by atoms with E-state index in [9.17, 15) is 4.79 Å². The van der Waals surface area contributed by atoms with Crippen molar-refractivity contribution in [3.8, 4) is 5.75 Å². The van der Waals surface area contributed by atoms with E-state index < -0.39 is 6.10 Å². The molecular weight excluding hydrogens is 379 g/mol. The molecule has 7 heteroatoms. The average molecular weight is 390 g/mol. The topological polar surface area (TPSA) is 51.2 Å². The lowest BCUT2D eigenvalue weighted by molar-refractivity contribution is -0.122. The van der Waals surface area contributed by atoms with E-state index in [0.29, 0.717) is 16.6 Å². The number of aromatic nitrogens is 1. The van der Waals surface area contributed by atoms with Crippen LogP contribution in [-0.2, 0) is 4.79 Å². The van der Waals surface area contributed by atoms with E-state index in [-0.39, 0.29) is 10.9 Å². The Bertz CT molecular complexity index is 650. The van der Waals surface area contributed by atoms with Crippen LogP contribution in [-0.4, -0.2) is 17.0 Å². The maximum Gasteiger partial charge on any atom is 0.266 e. The summed E-state index contributed by atoms with van der Waals surface area (Å²) in [6.45, 7) is 1.62. The van der Waals surface area contributed by atoms with Gasteiger partial charge in [-0.15, -0.1) is 0 Å². The third-order valence-corrected chi connectivity index (χ3v) is 3.84. The first-order chi connectivity index (χ1) is 9.97. The summed E-state index contributed by atoms with van der Waals surface area (Å²) in [4.78, 5) is 16.1. The van der Waals surface area contributed by atoms with Crippen LogP contribution in [0.15, 0.2) is 41.0 Å². The van der Waals surface area contributed by atoms with Crippen LogP contribution < -0.4 is 10.1 Å². The van der Waals surface area contributed by atoms with Gasteiger partial charge >= 0.3 is 0 Å². The first-order valence-electron chi connectivity index (χ1n) is 6.00. The molecule has 1 N–H and O–H groups in total. The van der Waals surface area contributed by atoms with Crippen molar-refractivity contribution in [1.29, 1.82) is 0 Å². The molecule has 0 fully saturated rings. The molecule has 1 aromatic carbocycles. The maximum atomic E-state index is 12.0. The fourth-order valence-electron chi connectivity index (χ4n) is 1.50. The van der Waals surface area contributed by atoms with Gasteiger partial charge in [-0.1, -0.05) is 29.3 Å². The van der Waals surface area contributed by atoms with Gasteiger partial charge in [0.15, 0.2) is 6.10 Å². The molecule has 0 spiro atoms. The number of halogens is 3. The monoisotopic (exact) mass is 388 g/mol. The third-order valence-electron chi connectivity index (χ3n) is 2.57. The Balaban J connectivity index is 2.02. The van der Waals surface area contributed by atoms with Crippen molar-refractivity contribution in [2.45, 2.75) is 13.0 Å². The number of carbonyl (C=O) groups is 1. The lowest BCUT2D eigenvalue weighted by atomic mass is 10.3. The summed E-state index contributed by atoms with van der Waals surface area (Å²) in [5.41, 5.74) is 0. The molecule has 0 radical (unpaired) electrons. The Morgan fingerprint density at radius 2 is 2.10 bits per heavy atom. The summed E-state index contributed by atoms with van der Waals surface area (Å²) in [6.07, 6.45) is 0.848. The van der Waals surface area contributed by atoms with Crippen LogP contribution in [0.4, 0.5) is 5.82 Å². The second-order valence-electron chi connectivity index (χ2n) is 4.16. The van der Waals surface area contributed by atoms with E-state index >= 15 is 0 Å². The van der Waals surface area contributed by atoms with E-state index in [1.165, 1.54) is 0 Å². The Morgan fingerprint density at radius 3 is 2.76 bits per heavy atom. The van der Waals surface area contributed by atoms with Crippen LogP contribution in [0.1, 0.15) is 6.92 Å². The summed E-state index contributed by atoms with van der Waals surface area (Å²) in [6, 6.07) is 8.45. The summed E-state index contributed by atoms with van der Waals surface area (Å²) in [5, 5.41) is 3.30. The molecule has 0 bridgehead atoms. The minimum Gasteiger partial charge on any atom is -0.479 e. The van der Waals surface area contributed by atoms with Gasteiger partial charge in [0.05, 0.1) is 5.02 Å². The van der Waals surface area contributed by atoms with Crippen molar-refractivity contribution in [2.75, 3.05) is 5.32 Å². The molecule has 21 heavy (non-hydrogen) atoms. The van der Waals surface area contributed by atoms with E-state index in [1.54, 1.807) is 43.5 Å². The van der Waals surface area contributed by atoms with Crippen molar-refractivity contribution in [3.63, 3.8) is 0 Å². The molecule has 0 saturated carbocycles. The molecule has 110 valence electrons. The number of pyridine rings is 1. The van der Waals surface area contributed by atoms with E-state index in [2.05, 4.69) is 26.2 Å². The van der Waals surface area contributed by atoms with Gasteiger partial charge in [-0.3, -0.25) is 4.79 Å². The number of nitrogens with one attached hydrogen (secondary N) is 1. The average Bonchev–Trinajstić information content (AvgIpc) is 2.46. The highest BCUT2D eigenvalue weighted by atomic mass is 79.9. The molecule has 0 saturated heterocycles. The maximum absolute atomic E-state index is 12.0. The lowest BCUT2D eigenvalue weighted by Gasteiger charge is -2.15. The highest BCUT2D eigenvalue weighted by Gasteiger charge is 2.17. The van der Waals surface area contributed by atoms with Gasteiger partial charge in [-0.05, 0) is 47.1 Å². The summed E-state index contributed by atoms with van der Waals surface area (Å²) in [7, 11) is 0. The summed E-state index contributed by atoms with van der Waals surface area (Å²) >= 11 is 15.2. The molecule has 1 aromatic heterocycles. The molecule has 1 unspecified atom stereocenters. The normalized spacial score (nSPS) is 11.8. The Kier molecular flexibility index (Phi) is 5.45. The minimum absolute atomic E-state index is 0.278. The van der Waals surface area contributed by atoms with Crippen LogP contribution >= 0.6 is 39.1 Å². The largest absolute Gasteiger partial charge is 0.479 e. The van der Waals surface area contributed by atoms with Crippen LogP contribution in [0.3, 0.4) is 0 Å². The van der Waals surface area contributed by atoms with E-state index in [4.69, 9.17) is 27.9 Å². The van der Waals surface area contributed by atoms with Crippen molar-refractivity contribution in [2.24, 2.45) is 0 Å². The van der Waals surface area contributed by atoms with Crippen molar-refractivity contribution < 1.29 is 9.53 Å². The quantitative estimate of drug-likeness (QED) is 0.833. The number of carbonyl (C=O) groups excluding carboxylic acids is 1. The molecule has 4 nitrogen and oxygen atoms in total. The Morgan fingerprint density at radius 1 is 1.33 bits per heavy atom. The van der Waals surface area contributed by atoms with Gasteiger partial charge < -0.3 is 10.1 Å². The Hall–Kier alpha value is -1.30. The molecule has 2 rings (SSSR count). The predicted molar refractivity (Wildman–Crippen MR) is 87.1 cm³/mol. The molecule has 1 amide bonds. The number of amides is 1. The van der Waals surface area contributed by atoms with Gasteiger partial charge in [-0.2, -0.15) is 0 Å². The molecule has 0 aliphatic carbocycles.